The zero-order chi connectivity index (χ0) is 13.2. The first kappa shape index (κ1) is 11.3. The number of carbonyl (C=O) groups is 2. The van der Waals surface area contributed by atoms with E-state index in [-0.39, 0.29) is 11.7 Å². The van der Waals surface area contributed by atoms with Crippen molar-refractivity contribution in [2.45, 2.75) is 0 Å². The van der Waals surface area contributed by atoms with E-state index in [1.165, 1.54) is 12.3 Å². The van der Waals surface area contributed by atoms with Crippen LogP contribution in [0.5, 0.6) is 0 Å². The Kier molecular flexibility index (Phi) is 2.68. The summed E-state index contributed by atoms with van der Waals surface area (Å²) in [7, 11) is 0. The summed E-state index contributed by atoms with van der Waals surface area (Å²) in [5.41, 5.74) is 2.38. The Morgan fingerprint density at radius 3 is 2.63 bits per heavy atom. The number of amides is 1. The van der Waals surface area contributed by atoms with Crippen molar-refractivity contribution in [2.24, 2.45) is 0 Å². The van der Waals surface area contributed by atoms with Crippen LogP contribution in [-0.2, 0) is 0 Å². The van der Waals surface area contributed by atoms with Gasteiger partial charge in [0.15, 0.2) is 5.78 Å². The molecule has 1 aromatic carbocycles. The van der Waals surface area contributed by atoms with E-state index < -0.39 is 0 Å². The Morgan fingerprint density at radius 1 is 1.11 bits per heavy atom. The third-order valence-corrected chi connectivity index (χ3v) is 2.93. The van der Waals surface area contributed by atoms with E-state index in [2.05, 4.69) is 10.3 Å². The lowest BCUT2D eigenvalue weighted by Crippen LogP contribution is -2.13. The molecular weight excluding hydrogens is 240 g/mol. The minimum Gasteiger partial charge on any atom is -0.321 e. The monoisotopic (exact) mass is 250 g/mol. The van der Waals surface area contributed by atoms with Crippen LogP contribution in [0.3, 0.4) is 0 Å². The molecule has 3 rings (SSSR count). The molecule has 19 heavy (non-hydrogen) atoms. The number of ketones is 1. The van der Waals surface area contributed by atoms with Gasteiger partial charge in [-0.15, -0.1) is 0 Å². The average Bonchev–Trinajstić information content (AvgIpc) is 2.77. The predicted molar refractivity (Wildman–Crippen MR) is 70.5 cm³/mol. The molecule has 4 heteroatoms. The molecule has 2 heterocycles. The maximum Gasteiger partial charge on any atom is 0.256 e. The van der Waals surface area contributed by atoms with E-state index >= 15 is 0 Å². The molecule has 0 atom stereocenters. The van der Waals surface area contributed by atoms with Gasteiger partial charge in [0.1, 0.15) is 0 Å². The Labute approximate surface area is 109 Å². The molecule has 0 saturated carbocycles. The highest BCUT2D eigenvalue weighted by Gasteiger charge is 2.23. The summed E-state index contributed by atoms with van der Waals surface area (Å²) < 4.78 is 0. The number of carbonyl (C=O) groups excluding carboxylic acids is 2. The smallest absolute Gasteiger partial charge is 0.256 e. The summed E-state index contributed by atoms with van der Waals surface area (Å²) in [5.74, 6) is -0.360. The molecule has 1 aliphatic heterocycles. The van der Waals surface area contributed by atoms with Crippen molar-refractivity contribution in [1.29, 1.82) is 0 Å². The molecular formula is C15H10N2O2. The third kappa shape index (κ3) is 2.04. The van der Waals surface area contributed by atoms with Crippen molar-refractivity contribution in [1.82, 2.24) is 10.3 Å². The van der Waals surface area contributed by atoms with Gasteiger partial charge in [-0.2, -0.15) is 0 Å². The average molecular weight is 250 g/mol. The van der Waals surface area contributed by atoms with Crippen molar-refractivity contribution in [3.63, 3.8) is 0 Å². The maximum atomic E-state index is 12.0. The highest BCUT2D eigenvalue weighted by molar-refractivity contribution is 6.15. The summed E-state index contributed by atoms with van der Waals surface area (Å²) in [4.78, 5) is 27.7. The van der Waals surface area contributed by atoms with Crippen molar-refractivity contribution >= 4 is 17.4 Å². The van der Waals surface area contributed by atoms with E-state index in [1.54, 1.807) is 30.5 Å². The number of hydrogen-bond acceptors (Lipinski definition) is 3. The SMILES string of the molecule is O=C(/C=C1\NC(=O)c2ccccc21)c1cccnc1. The van der Waals surface area contributed by atoms with Crippen LogP contribution in [0.25, 0.3) is 5.70 Å². The number of aromatic nitrogens is 1. The molecule has 92 valence electrons. The molecule has 2 aromatic rings. The van der Waals surface area contributed by atoms with Gasteiger partial charge in [-0.05, 0) is 18.2 Å². The van der Waals surface area contributed by atoms with Crippen molar-refractivity contribution in [2.75, 3.05) is 0 Å². The van der Waals surface area contributed by atoms with Gasteiger partial charge in [0.2, 0.25) is 0 Å². The first-order valence-electron chi connectivity index (χ1n) is 5.82. The maximum absolute atomic E-state index is 12.0. The molecule has 0 radical (unpaired) electrons. The highest BCUT2D eigenvalue weighted by atomic mass is 16.2. The van der Waals surface area contributed by atoms with Crippen LogP contribution in [0.15, 0.2) is 54.9 Å². The summed E-state index contributed by atoms with van der Waals surface area (Å²) in [6.45, 7) is 0. The largest absolute Gasteiger partial charge is 0.321 e. The van der Waals surface area contributed by atoms with Gasteiger partial charge in [-0.3, -0.25) is 14.6 Å². The Balaban J connectivity index is 1.99. The number of allylic oxidation sites excluding steroid dienone is 1. The van der Waals surface area contributed by atoms with E-state index in [0.717, 1.165) is 5.56 Å². The van der Waals surface area contributed by atoms with E-state index in [4.69, 9.17) is 0 Å². The van der Waals surface area contributed by atoms with Gasteiger partial charge in [0.05, 0.1) is 5.70 Å². The van der Waals surface area contributed by atoms with Gasteiger partial charge in [-0.25, -0.2) is 0 Å². The molecule has 1 N–H and O–H groups in total. The Morgan fingerprint density at radius 2 is 1.89 bits per heavy atom. The van der Waals surface area contributed by atoms with E-state index in [9.17, 15) is 9.59 Å². The lowest BCUT2D eigenvalue weighted by Gasteiger charge is -1.99. The minimum atomic E-state index is -0.180. The summed E-state index contributed by atoms with van der Waals surface area (Å²) in [5, 5.41) is 2.70. The number of nitrogens with zero attached hydrogens (tertiary/aromatic N) is 1. The highest BCUT2D eigenvalue weighted by Crippen LogP contribution is 2.24. The molecule has 1 amide bonds. The lowest BCUT2D eigenvalue weighted by atomic mass is 10.1. The van der Waals surface area contributed by atoms with Gasteiger partial charge < -0.3 is 5.32 Å². The van der Waals surface area contributed by atoms with Crippen molar-refractivity contribution in [3.8, 4) is 0 Å². The fourth-order valence-corrected chi connectivity index (χ4v) is 2.01. The normalized spacial score (nSPS) is 15.2. The third-order valence-electron chi connectivity index (χ3n) is 2.93. The summed E-state index contributed by atoms with van der Waals surface area (Å²) in [6, 6.07) is 10.6. The quantitative estimate of drug-likeness (QED) is 0.655. The molecule has 1 aliphatic rings. The van der Waals surface area contributed by atoms with E-state index in [1.807, 2.05) is 12.1 Å². The van der Waals surface area contributed by atoms with Gasteiger partial charge in [-0.1, -0.05) is 18.2 Å². The summed E-state index contributed by atoms with van der Waals surface area (Å²) in [6.07, 6.45) is 4.54. The zero-order valence-electron chi connectivity index (χ0n) is 9.96. The van der Waals surface area contributed by atoms with Crippen LogP contribution < -0.4 is 5.32 Å². The molecule has 0 spiro atoms. The second-order valence-corrected chi connectivity index (χ2v) is 4.16. The zero-order valence-corrected chi connectivity index (χ0v) is 9.96. The number of fused-ring (bicyclic) bond motifs is 1. The first-order chi connectivity index (χ1) is 9.25. The summed E-state index contributed by atoms with van der Waals surface area (Å²) >= 11 is 0. The van der Waals surface area contributed by atoms with E-state index in [0.29, 0.717) is 16.8 Å². The number of rotatable bonds is 2. The van der Waals surface area contributed by atoms with Crippen molar-refractivity contribution < 1.29 is 9.59 Å². The number of pyridine rings is 1. The predicted octanol–water partition coefficient (Wildman–Crippen LogP) is 2.05. The first-order valence-corrected chi connectivity index (χ1v) is 5.82. The van der Waals surface area contributed by atoms with Gasteiger partial charge >= 0.3 is 0 Å². The van der Waals surface area contributed by atoms with Crippen LogP contribution in [0, 0.1) is 0 Å². The number of nitrogens with one attached hydrogen (secondary N) is 1. The molecule has 0 bridgehead atoms. The number of hydrogen-bond donors (Lipinski definition) is 1. The van der Waals surface area contributed by atoms with Crippen LogP contribution >= 0.6 is 0 Å². The fraction of sp³-hybridized carbons (Fsp3) is 0. The van der Waals surface area contributed by atoms with Gasteiger partial charge in [0.25, 0.3) is 5.91 Å². The Hall–Kier alpha value is -2.75. The fourth-order valence-electron chi connectivity index (χ4n) is 2.01. The van der Waals surface area contributed by atoms with Crippen molar-refractivity contribution in [3.05, 3.63) is 71.6 Å². The number of benzene rings is 1. The van der Waals surface area contributed by atoms with Crippen LogP contribution in [0.2, 0.25) is 0 Å². The second kappa shape index (κ2) is 4.49. The minimum absolute atomic E-state index is 0.180. The molecule has 0 aliphatic carbocycles. The molecule has 0 saturated heterocycles. The second-order valence-electron chi connectivity index (χ2n) is 4.16. The molecule has 0 unspecified atom stereocenters. The molecule has 4 nitrogen and oxygen atoms in total. The standard InChI is InChI=1S/C15H10N2O2/c18-14(10-4-3-7-16-9-10)8-13-11-5-1-2-6-12(11)15(19)17-13/h1-9H,(H,17,19)/b13-8-. The van der Waals surface area contributed by atoms with Crippen LogP contribution in [0.4, 0.5) is 0 Å². The van der Waals surface area contributed by atoms with Crippen LogP contribution in [-0.4, -0.2) is 16.7 Å². The molecule has 0 fully saturated rings. The van der Waals surface area contributed by atoms with Crippen LogP contribution in [0.1, 0.15) is 26.3 Å². The lowest BCUT2D eigenvalue weighted by molar-refractivity contribution is 0.0981. The topological polar surface area (TPSA) is 59.1 Å². The Bertz CT molecular complexity index is 690. The molecule has 1 aromatic heterocycles. The van der Waals surface area contributed by atoms with Gasteiger partial charge in [0, 0.05) is 35.2 Å².